The first kappa shape index (κ1) is 17.1. The Morgan fingerprint density at radius 3 is 3.00 bits per heavy atom. The van der Waals surface area contributed by atoms with E-state index in [0.29, 0.717) is 10.0 Å². The number of nitrogens with one attached hydrogen (secondary N) is 1. The molecule has 0 amide bonds. The summed E-state index contributed by atoms with van der Waals surface area (Å²) in [6.45, 7) is 6.22. The number of hydrogen-bond donors (Lipinski definition) is 1. The van der Waals surface area contributed by atoms with Crippen LogP contribution >= 0.6 is 11.3 Å². The molecule has 0 radical (unpaired) electrons. The zero-order chi connectivity index (χ0) is 16.7. The maximum atomic E-state index is 11.4. The molecule has 0 aliphatic rings. The van der Waals surface area contributed by atoms with Crippen molar-refractivity contribution in [3.8, 4) is 5.75 Å². The minimum Gasteiger partial charge on any atom is -0.494 e. The SMILES string of the molecule is CCCCOc1cccc(/C=N\Nc2nc(C)c(C(C)=O)s2)c1. The van der Waals surface area contributed by atoms with Crippen LogP contribution in [0.3, 0.4) is 0 Å². The number of benzene rings is 1. The van der Waals surface area contributed by atoms with Crippen molar-refractivity contribution in [3.63, 3.8) is 0 Å². The molecule has 1 N–H and O–H groups in total. The van der Waals surface area contributed by atoms with Gasteiger partial charge < -0.3 is 4.74 Å². The first-order valence-corrected chi connectivity index (χ1v) is 8.42. The maximum Gasteiger partial charge on any atom is 0.204 e. The molecule has 6 heteroatoms. The van der Waals surface area contributed by atoms with Gasteiger partial charge in [0, 0.05) is 6.92 Å². The molecular formula is C17H21N3O2S. The molecule has 23 heavy (non-hydrogen) atoms. The second-order valence-electron chi connectivity index (χ2n) is 5.13. The van der Waals surface area contributed by atoms with Crippen molar-refractivity contribution >= 4 is 28.5 Å². The Balaban J connectivity index is 1.96. The number of Topliss-reactive ketones (excluding diaryl/α,β-unsaturated/α-hetero) is 1. The number of carbonyl (C=O) groups is 1. The third kappa shape index (κ3) is 5.17. The summed E-state index contributed by atoms with van der Waals surface area (Å²) in [5, 5.41) is 4.78. The van der Waals surface area contributed by atoms with Gasteiger partial charge in [0.05, 0.1) is 23.4 Å². The van der Waals surface area contributed by atoms with Crippen molar-refractivity contribution in [2.45, 2.75) is 33.6 Å². The van der Waals surface area contributed by atoms with Gasteiger partial charge in [-0.1, -0.05) is 36.8 Å². The van der Waals surface area contributed by atoms with Gasteiger partial charge >= 0.3 is 0 Å². The normalized spacial score (nSPS) is 10.9. The Bertz CT molecular complexity index is 695. The lowest BCUT2D eigenvalue weighted by molar-refractivity contribution is 0.102. The predicted molar refractivity (Wildman–Crippen MR) is 94.9 cm³/mol. The van der Waals surface area contributed by atoms with Crippen LogP contribution in [0.4, 0.5) is 5.13 Å². The number of thiazole rings is 1. The monoisotopic (exact) mass is 331 g/mol. The van der Waals surface area contributed by atoms with Crippen molar-refractivity contribution in [3.05, 3.63) is 40.4 Å². The summed E-state index contributed by atoms with van der Waals surface area (Å²) in [6.07, 6.45) is 3.86. The van der Waals surface area contributed by atoms with Crippen LogP contribution in [-0.4, -0.2) is 23.6 Å². The lowest BCUT2D eigenvalue weighted by atomic mass is 10.2. The highest BCUT2D eigenvalue weighted by molar-refractivity contribution is 7.17. The van der Waals surface area contributed by atoms with Crippen LogP contribution in [-0.2, 0) is 0 Å². The van der Waals surface area contributed by atoms with E-state index in [-0.39, 0.29) is 5.78 Å². The second-order valence-corrected chi connectivity index (χ2v) is 6.13. The zero-order valence-corrected chi connectivity index (χ0v) is 14.4. The molecule has 1 aromatic carbocycles. The van der Waals surface area contributed by atoms with Crippen LogP contribution in [0.1, 0.15) is 47.6 Å². The van der Waals surface area contributed by atoms with Gasteiger partial charge in [-0.3, -0.25) is 10.2 Å². The Hall–Kier alpha value is -2.21. The predicted octanol–water partition coefficient (Wildman–Crippen LogP) is 4.28. The summed E-state index contributed by atoms with van der Waals surface area (Å²) < 4.78 is 5.67. The number of unbranched alkanes of at least 4 members (excludes halogenated alkanes) is 1. The zero-order valence-electron chi connectivity index (χ0n) is 13.6. The summed E-state index contributed by atoms with van der Waals surface area (Å²) in [4.78, 5) is 16.4. The number of aromatic nitrogens is 1. The largest absolute Gasteiger partial charge is 0.494 e. The highest BCUT2D eigenvalue weighted by Gasteiger charge is 2.10. The van der Waals surface area contributed by atoms with E-state index < -0.39 is 0 Å². The van der Waals surface area contributed by atoms with Crippen molar-refractivity contribution in [2.24, 2.45) is 5.10 Å². The Labute approximate surface area is 140 Å². The first-order chi connectivity index (χ1) is 11.1. The van der Waals surface area contributed by atoms with Crippen LogP contribution in [0.15, 0.2) is 29.4 Å². The van der Waals surface area contributed by atoms with E-state index in [0.717, 1.165) is 36.5 Å². The van der Waals surface area contributed by atoms with Crippen LogP contribution in [0, 0.1) is 6.92 Å². The first-order valence-electron chi connectivity index (χ1n) is 7.60. The molecule has 0 spiro atoms. The number of ether oxygens (including phenoxy) is 1. The number of hydrogen-bond acceptors (Lipinski definition) is 6. The van der Waals surface area contributed by atoms with Crippen LogP contribution in [0.2, 0.25) is 0 Å². The van der Waals surface area contributed by atoms with Crippen LogP contribution in [0.5, 0.6) is 5.75 Å². The molecular weight excluding hydrogens is 310 g/mol. The van der Waals surface area contributed by atoms with Gasteiger partial charge in [0.15, 0.2) is 5.78 Å². The summed E-state index contributed by atoms with van der Waals surface area (Å²) in [7, 11) is 0. The number of rotatable bonds is 8. The van der Waals surface area contributed by atoms with E-state index in [1.54, 1.807) is 6.21 Å². The van der Waals surface area contributed by atoms with Crippen LogP contribution in [0.25, 0.3) is 0 Å². The molecule has 122 valence electrons. The van der Waals surface area contributed by atoms with Gasteiger partial charge in [-0.2, -0.15) is 5.10 Å². The molecule has 1 heterocycles. The molecule has 2 aromatic rings. The lowest BCUT2D eigenvalue weighted by Crippen LogP contribution is -1.97. The Morgan fingerprint density at radius 2 is 2.30 bits per heavy atom. The number of nitrogens with zero attached hydrogens (tertiary/aromatic N) is 2. The van der Waals surface area contributed by atoms with Crippen molar-refractivity contribution in [2.75, 3.05) is 12.0 Å². The quantitative estimate of drug-likeness (QED) is 0.339. The van der Waals surface area contributed by atoms with Crippen molar-refractivity contribution < 1.29 is 9.53 Å². The molecule has 0 bridgehead atoms. The topological polar surface area (TPSA) is 63.6 Å². The van der Waals surface area contributed by atoms with Gasteiger partial charge in [-0.25, -0.2) is 4.98 Å². The summed E-state index contributed by atoms with van der Waals surface area (Å²) in [5.41, 5.74) is 4.53. The molecule has 0 fully saturated rings. The minimum absolute atomic E-state index is 0.0222. The van der Waals surface area contributed by atoms with Gasteiger partial charge in [-0.05, 0) is 31.0 Å². The molecule has 0 atom stereocenters. The van der Waals surface area contributed by atoms with E-state index in [1.165, 1.54) is 18.3 Å². The van der Waals surface area contributed by atoms with Gasteiger partial charge in [-0.15, -0.1) is 0 Å². The number of ketones is 1. The molecule has 5 nitrogen and oxygen atoms in total. The fourth-order valence-corrected chi connectivity index (χ4v) is 2.76. The molecule has 0 aliphatic heterocycles. The van der Waals surface area contributed by atoms with Gasteiger partial charge in [0.25, 0.3) is 0 Å². The number of carbonyl (C=O) groups excluding carboxylic acids is 1. The van der Waals surface area contributed by atoms with Crippen molar-refractivity contribution in [1.82, 2.24) is 4.98 Å². The van der Waals surface area contributed by atoms with Crippen molar-refractivity contribution in [1.29, 1.82) is 0 Å². The Kier molecular flexibility index (Phi) is 6.29. The third-order valence-electron chi connectivity index (χ3n) is 3.11. The highest BCUT2D eigenvalue weighted by atomic mass is 32.1. The summed E-state index contributed by atoms with van der Waals surface area (Å²) in [5.74, 6) is 0.861. The third-order valence-corrected chi connectivity index (χ3v) is 4.28. The smallest absolute Gasteiger partial charge is 0.204 e. The van der Waals surface area contributed by atoms with E-state index in [9.17, 15) is 4.79 Å². The molecule has 2 rings (SSSR count). The molecule has 0 saturated heterocycles. The average Bonchev–Trinajstić information content (AvgIpc) is 2.89. The maximum absolute atomic E-state index is 11.4. The average molecular weight is 331 g/mol. The fourth-order valence-electron chi connectivity index (χ4n) is 1.95. The minimum atomic E-state index is 0.0222. The summed E-state index contributed by atoms with van der Waals surface area (Å²) in [6, 6.07) is 7.76. The standard InChI is InChI=1S/C17H21N3O2S/c1-4-5-9-22-15-8-6-7-14(10-15)11-18-20-17-19-12(2)16(23-17)13(3)21/h6-8,10-11H,4-5,9H2,1-3H3,(H,19,20)/b18-11-. The van der Waals surface area contributed by atoms with E-state index >= 15 is 0 Å². The molecule has 0 aliphatic carbocycles. The number of aryl methyl sites for hydroxylation is 1. The second kappa shape index (κ2) is 8.43. The molecule has 0 unspecified atom stereocenters. The molecule has 0 saturated carbocycles. The van der Waals surface area contributed by atoms with Gasteiger partial charge in [0.1, 0.15) is 5.75 Å². The van der Waals surface area contributed by atoms with Gasteiger partial charge in [0.2, 0.25) is 5.13 Å². The van der Waals surface area contributed by atoms with E-state index in [4.69, 9.17) is 4.74 Å². The van der Waals surface area contributed by atoms with E-state index in [2.05, 4.69) is 22.4 Å². The fraction of sp³-hybridized carbons (Fsp3) is 0.353. The van der Waals surface area contributed by atoms with Crippen LogP contribution < -0.4 is 10.2 Å². The molecule has 1 aromatic heterocycles. The Morgan fingerprint density at radius 1 is 1.48 bits per heavy atom. The summed E-state index contributed by atoms with van der Waals surface area (Å²) >= 11 is 1.31. The highest BCUT2D eigenvalue weighted by Crippen LogP contribution is 2.22. The number of anilines is 1. The number of hydrazone groups is 1. The lowest BCUT2D eigenvalue weighted by Gasteiger charge is -2.05. The van der Waals surface area contributed by atoms with E-state index in [1.807, 2.05) is 31.2 Å².